The molecular formula is C13H14ClNO2S. The third kappa shape index (κ3) is 3.22. The van der Waals surface area contributed by atoms with Crippen molar-refractivity contribution >= 4 is 38.9 Å². The summed E-state index contributed by atoms with van der Waals surface area (Å²) >= 11 is 7.06. The van der Waals surface area contributed by atoms with Crippen molar-refractivity contribution in [1.29, 1.82) is 0 Å². The zero-order valence-corrected chi connectivity index (χ0v) is 11.4. The summed E-state index contributed by atoms with van der Waals surface area (Å²) in [4.78, 5) is 12.0. The number of halogens is 1. The molecule has 0 unspecified atom stereocenters. The highest BCUT2D eigenvalue weighted by Gasteiger charge is 2.10. The number of nitrogens with one attached hydrogen (secondary N) is 1. The molecule has 0 radical (unpaired) electrons. The molecule has 2 aromatic rings. The standard InChI is InChI=1S/C13H14ClNO2S/c14-5-7-17-8-6-15-13(16)11-9-18-12-4-2-1-3-10(11)12/h1-4,9H,5-8H2,(H,15,16). The summed E-state index contributed by atoms with van der Waals surface area (Å²) in [6.45, 7) is 1.50. The maximum absolute atomic E-state index is 12.0. The first kappa shape index (κ1) is 13.3. The molecule has 1 heterocycles. The summed E-state index contributed by atoms with van der Waals surface area (Å²) in [5, 5.41) is 5.73. The average molecular weight is 284 g/mol. The van der Waals surface area contributed by atoms with Gasteiger partial charge < -0.3 is 10.1 Å². The van der Waals surface area contributed by atoms with Crippen molar-refractivity contribution in [2.75, 3.05) is 25.6 Å². The Bertz CT molecular complexity index is 526. The van der Waals surface area contributed by atoms with Crippen molar-refractivity contribution in [3.05, 3.63) is 35.2 Å². The van der Waals surface area contributed by atoms with Crippen LogP contribution in [-0.4, -0.2) is 31.5 Å². The number of alkyl halides is 1. The van der Waals surface area contributed by atoms with Gasteiger partial charge in [0, 0.05) is 27.9 Å². The first-order chi connectivity index (χ1) is 8.83. The van der Waals surface area contributed by atoms with E-state index in [0.717, 1.165) is 15.6 Å². The fourth-order valence-electron chi connectivity index (χ4n) is 1.64. The van der Waals surface area contributed by atoms with Gasteiger partial charge in [0.15, 0.2) is 0 Å². The molecule has 18 heavy (non-hydrogen) atoms. The Labute approximate surface area is 115 Å². The third-order valence-corrected chi connectivity index (χ3v) is 3.60. The van der Waals surface area contributed by atoms with Gasteiger partial charge in [-0.2, -0.15) is 0 Å². The van der Waals surface area contributed by atoms with E-state index < -0.39 is 0 Å². The number of hydrogen-bond acceptors (Lipinski definition) is 3. The molecule has 1 N–H and O–H groups in total. The van der Waals surface area contributed by atoms with Crippen LogP contribution in [0.4, 0.5) is 0 Å². The molecule has 0 fully saturated rings. The number of carbonyl (C=O) groups is 1. The lowest BCUT2D eigenvalue weighted by molar-refractivity contribution is 0.0925. The van der Waals surface area contributed by atoms with E-state index in [4.69, 9.17) is 16.3 Å². The molecule has 1 aromatic carbocycles. The maximum atomic E-state index is 12.0. The number of fused-ring (bicyclic) bond motifs is 1. The van der Waals surface area contributed by atoms with Gasteiger partial charge in [0.25, 0.3) is 5.91 Å². The normalized spacial score (nSPS) is 10.7. The van der Waals surface area contributed by atoms with Gasteiger partial charge >= 0.3 is 0 Å². The molecule has 0 atom stereocenters. The van der Waals surface area contributed by atoms with Crippen LogP contribution in [0.3, 0.4) is 0 Å². The van der Waals surface area contributed by atoms with E-state index in [9.17, 15) is 4.79 Å². The number of carbonyl (C=O) groups excluding carboxylic acids is 1. The van der Waals surface area contributed by atoms with Crippen molar-refractivity contribution in [3.8, 4) is 0 Å². The second kappa shape index (κ2) is 6.73. The van der Waals surface area contributed by atoms with Gasteiger partial charge in [-0.3, -0.25) is 4.79 Å². The van der Waals surface area contributed by atoms with Crippen LogP contribution >= 0.6 is 22.9 Å². The van der Waals surface area contributed by atoms with Crippen LogP contribution in [0.1, 0.15) is 10.4 Å². The van der Waals surface area contributed by atoms with Crippen LogP contribution < -0.4 is 5.32 Å². The molecule has 0 spiro atoms. The lowest BCUT2D eigenvalue weighted by Crippen LogP contribution is -2.27. The quantitative estimate of drug-likeness (QED) is 0.654. The van der Waals surface area contributed by atoms with Gasteiger partial charge in [-0.1, -0.05) is 18.2 Å². The average Bonchev–Trinajstić information content (AvgIpc) is 2.82. The fraction of sp³-hybridized carbons (Fsp3) is 0.308. The predicted octanol–water partition coefficient (Wildman–Crippen LogP) is 2.89. The largest absolute Gasteiger partial charge is 0.378 e. The fourth-order valence-corrected chi connectivity index (χ4v) is 2.69. The lowest BCUT2D eigenvalue weighted by atomic mass is 10.2. The topological polar surface area (TPSA) is 38.3 Å². The van der Waals surface area contributed by atoms with Crippen LogP contribution in [-0.2, 0) is 4.74 Å². The van der Waals surface area contributed by atoms with Gasteiger partial charge in [0.1, 0.15) is 0 Å². The third-order valence-electron chi connectivity index (χ3n) is 2.48. The SMILES string of the molecule is O=C(NCCOCCCl)c1csc2ccccc12. The molecule has 0 saturated carbocycles. The Morgan fingerprint density at radius 3 is 3.00 bits per heavy atom. The molecule has 3 nitrogen and oxygen atoms in total. The summed E-state index contributed by atoms with van der Waals surface area (Å²) in [5.41, 5.74) is 0.730. The Morgan fingerprint density at radius 2 is 2.17 bits per heavy atom. The number of rotatable bonds is 6. The van der Waals surface area contributed by atoms with E-state index >= 15 is 0 Å². The second-order valence-corrected chi connectivity index (χ2v) is 4.99. The molecule has 0 saturated heterocycles. The molecule has 1 amide bonds. The van der Waals surface area contributed by atoms with Crippen molar-refractivity contribution < 1.29 is 9.53 Å². The highest BCUT2D eigenvalue weighted by Crippen LogP contribution is 2.25. The van der Waals surface area contributed by atoms with E-state index in [1.54, 1.807) is 11.3 Å². The first-order valence-corrected chi connectivity index (χ1v) is 7.12. The minimum absolute atomic E-state index is 0.0538. The molecule has 0 aliphatic rings. The van der Waals surface area contributed by atoms with E-state index in [0.29, 0.717) is 25.6 Å². The molecule has 2 rings (SSSR count). The van der Waals surface area contributed by atoms with Crippen LogP contribution in [0, 0.1) is 0 Å². The Balaban J connectivity index is 1.93. The molecule has 5 heteroatoms. The van der Waals surface area contributed by atoms with Gasteiger partial charge in [0.05, 0.1) is 18.8 Å². The minimum Gasteiger partial charge on any atom is -0.378 e. The van der Waals surface area contributed by atoms with Crippen LogP contribution in [0.5, 0.6) is 0 Å². The zero-order valence-electron chi connectivity index (χ0n) is 9.82. The highest BCUT2D eigenvalue weighted by atomic mass is 35.5. The van der Waals surface area contributed by atoms with Crippen LogP contribution in [0.15, 0.2) is 29.6 Å². The van der Waals surface area contributed by atoms with Gasteiger partial charge in [-0.15, -0.1) is 22.9 Å². The van der Waals surface area contributed by atoms with Crippen molar-refractivity contribution in [1.82, 2.24) is 5.32 Å². The monoisotopic (exact) mass is 283 g/mol. The molecule has 1 aromatic heterocycles. The lowest BCUT2D eigenvalue weighted by Gasteiger charge is -2.04. The van der Waals surface area contributed by atoms with Crippen LogP contribution in [0.25, 0.3) is 10.1 Å². The number of amides is 1. The van der Waals surface area contributed by atoms with Gasteiger partial charge in [-0.25, -0.2) is 0 Å². The molecule has 0 aliphatic heterocycles. The summed E-state index contributed by atoms with van der Waals surface area (Å²) in [6.07, 6.45) is 0. The number of hydrogen-bond donors (Lipinski definition) is 1. The Morgan fingerprint density at radius 1 is 1.33 bits per heavy atom. The van der Waals surface area contributed by atoms with E-state index in [1.807, 2.05) is 29.6 Å². The molecule has 96 valence electrons. The molecular weight excluding hydrogens is 270 g/mol. The van der Waals surface area contributed by atoms with E-state index in [-0.39, 0.29) is 5.91 Å². The number of benzene rings is 1. The molecule has 0 bridgehead atoms. The summed E-state index contributed by atoms with van der Waals surface area (Å²) in [7, 11) is 0. The molecule has 0 aliphatic carbocycles. The Hall–Kier alpha value is -1.10. The maximum Gasteiger partial charge on any atom is 0.252 e. The zero-order chi connectivity index (χ0) is 12.8. The predicted molar refractivity (Wildman–Crippen MR) is 75.7 cm³/mol. The second-order valence-electron chi connectivity index (χ2n) is 3.70. The van der Waals surface area contributed by atoms with Crippen molar-refractivity contribution in [2.24, 2.45) is 0 Å². The summed E-state index contributed by atoms with van der Waals surface area (Å²) in [6, 6.07) is 7.89. The smallest absolute Gasteiger partial charge is 0.252 e. The minimum atomic E-state index is -0.0538. The highest BCUT2D eigenvalue weighted by molar-refractivity contribution is 7.17. The first-order valence-electron chi connectivity index (χ1n) is 5.71. The number of ether oxygens (including phenoxy) is 1. The summed E-state index contributed by atoms with van der Waals surface area (Å²) < 4.78 is 6.32. The van der Waals surface area contributed by atoms with Gasteiger partial charge in [0.2, 0.25) is 0 Å². The van der Waals surface area contributed by atoms with Crippen molar-refractivity contribution in [3.63, 3.8) is 0 Å². The summed E-state index contributed by atoms with van der Waals surface area (Å²) in [5.74, 6) is 0.422. The van der Waals surface area contributed by atoms with E-state index in [1.165, 1.54) is 0 Å². The van der Waals surface area contributed by atoms with Gasteiger partial charge in [-0.05, 0) is 6.07 Å². The number of thiophene rings is 1. The van der Waals surface area contributed by atoms with E-state index in [2.05, 4.69) is 5.32 Å². The Kier molecular flexibility index (Phi) is 4.99. The van der Waals surface area contributed by atoms with Crippen LogP contribution in [0.2, 0.25) is 0 Å². The van der Waals surface area contributed by atoms with Crippen molar-refractivity contribution in [2.45, 2.75) is 0 Å².